The number of hydrogen-bond donors (Lipinski definition) is 6. The minimum atomic E-state index is -1.07. The smallest absolute Gasteiger partial charge is 0.187 e. The van der Waals surface area contributed by atoms with Crippen molar-refractivity contribution >= 4 is 12.0 Å². The number of phenols is 1. The largest absolute Gasteiger partial charge is 0.508 e. The zero-order valence-electron chi connectivity index (χ0n) is 35.0. The second kappa shape index (κ2) is 18.2. The predicted octanol–water partition coefficient (Wildman–Crippen LogP) is 6.17. The number of aliphatic hydroxyl groups is 3. The van der Waals surface area contributed by atoms with E-state index in [4.69, 9.17) is 20.2 Å². The molecular formula is C49H60N4O7. The molecule has 2 aromatic rings. The molecule has 318 valence electrons. The van der Waals surface area contributed by atoms with Crippen LogP contribution >= 0.6 is 0 Å². The summed E-state index contributed by atoms with van der Waals surface area (Å²) in [5, 5.41) is 48.3. The van der Waals surface area contributed by atoms with Crippen molar-refractivity contribution in [1.29, 1.82) is 0 Å². The third kappa shape index (κ3) is 8.48. The van der Waals surface area contributed by atoms with Gasteiger partial charge in [-0.2, -0.15) is 0 Å². The number of carbonyl (C=O) groups excluding carboxylic acids is 1. The molecule has 11 heteroatoms. The van der Waals surface area contributed by atoms with Gasteiger partial charge in [0, 0.05) is 55.9 Å². The van der Waals surface area contributed by atoms with Gasteiger partial charge in [0.25, 0.3) is 0 Å². The molecule has 6 aliphatic rings. The van der Waals surface area contributed by atoms with E-state index < -0.39 is 41.8 Å². The van der Waals surface area contributed by atoms with Gasteiger partial charge >= 0.3 is 0 Å². The lowest BCUT2D eigenvalue weighted by Crippen LogP contribution is -2.47. The third-order valence-corrected chi connectivity index (χ3v) is 13.6. The lowest BCUT2D eigenvalue weighted by molar-refractivity contribution is -0.127. The lowest BCUT2D eigenvalue weighted by Gasteiger charge is -2.39. The molecule has 0 radical (unpaired) electrons. The van der Waals surface area contributed by atoms with Gasteiger partial charge in [0.1, 0.15) is 23.7 Å². The molecule has 0 amide bonds. The molecular weight excluding hydrogens is 757 g/mol. The maximum absolute atomic E-state index is 13.8. The first-order valence-electron chi connectivity index (χ1n) is 22.3. The van der Waals surface area contributed by atoms with Crippen molar-refractivity contribution in [1.82, 2.24) is 10.2 Å². The van der Waals surface area contributed by atoms with E-state index in [1.165, 1.54) is 6.07 Å². The Bertz CT molecular complexity index is 2180. The van der Waals surface area contributed by atoms with E-state index in [0.717, 1.165) is 103 Å². The maximum atomic E-state index is 13.8. The summed E-state index contributed by atoms with van der Waals surface area (Å²) in [6.07, 6.45) is 13.4. The van der Waals surface area contributed by atoms with Crippen LogP contribution in [0.1, 0.15) is 131 Å². The Labute approximate surface area is 354 Å². The molecule has 60 heavy (non-hydrogen) atoms. The van der Waals surface area contributed by atoms with Crippen molar-refractivity contribution in [3.63, 3.8) is 0 Å². The molecule has 2 aromatic carbocycles. The van der Waals surface area contributed by atoms with Gasteiger partial charge < -0.3 is 40.5 Å². The molecule has 0 aromatic heterocycles. The van der Waals surface area contributed by atoms with Gasteiger partial charge in [0.15, 0.2) is 17.7 Å². The highest BCUT2D eigenvalue weighted by Crippen LogP contribution is 2.50. The number of ketones is 1. The minimum Gasteiger partial charge on any atom is -0.508 e. The van der Waals surface area contributed by atoms with Crippen LogP contribution in [0.3, 0.4) is 0 Å². The second-order valence-corrected chi connectivity index (χ2v) is 17.6. The summed E-state index contributed by atoms with van der Waals surface area (Å²) in [7, 11) is 0. The number of allylic oxidation sites excluding steroid dienone is 1. The van der Waals surface area contributed by atoms with Crippen LogP contribution in [0.5, 0.6) is 17.2 Å². The fourth-order valence-electron chi connectivity index (χ4n) is 10.3. The highest BCUT2D eigenvalue weighted by molar-refractivity contribution is 5.88. The Morgan fingerprint density at radius 1 is 1.07 bits per heavy atom. The van der Waals surface area contributed by atoms with E-state index in [1.54, 1.807) is 6.07 Å². The van der Waals surface area contributed by atoms with Crippen molar-refractivity contribution in [2.45, 2.75) is 141 Å². The molecule has 1 fully saturated rings. The molecule has 5 heterocycles. The maximum Gasteiger partial charge on any atom is 0.187 e. The Balaban J connectivity index is 1.14. The number of phenolic OH excluding ortho intramolecular Hbond substituents is 1. The highest BCUT2D eigenvalue weighted by atomic mass is 16.5. The monoisotopic (exact) mass is 816 g/mol. The van der Waals surface area contributed by atoms with Crippen molar-refractivity contribution < 1.29 is 34.7 Å². The average Bonchev–Trinajstić information content (AvgIpc) is 3.97. The van der Waals surface area contributed by atoms with E-state index in [-0.39, 0.29) is 42.7 Å². The summed E-state index contributed by atoms with van der Waals surface area (Å²) in [4.78, 5) is 20.9. The van der Waals surface area contributed by atoms with Crippen molar-refractivity contribution in [3.8, 4) is 41.1 Å². The number of aliphatic hydroxyl groups excluding tert-OH is 3. The van der Waals surface area contributed by atoms with Crippen LogP contribution in [0.2, 0.25) is 0 Å². The molecule has 1 spiro atoms. The van der Waals surface area contributed by atoms with Gasteiger partial charge in [-0.1, -0.05) is 82.3 Å². The van der Waals surface area contributed by atoms with Crippen LogP contribution in [-0.2, 0) is 24.1 Å². The number of Topliss-reactive ketones (excluding diaryl/α,β-unsaturated/α-hetero) is 1. The number of aliphatic imine (C=N–C) groups is 1. The Morgan fingerprint density at radius 3 is 2.68 bits per heavy atom. The van der Waals surface area contributed by atoms with E-state index in [1.807, 2.05) is 31.5 Å². The molecule has 8 rings (SSSR count). The summed E-state index contributed by atoms with van der Waals surface area (Å²) in [6, 6.07) is 7.23. The van der Waals surface area contributed by atoms with Gasteiger partial charge in [-0.15, -0.1) is 0 Å². The van der Waals surface area contributed by atoms with E-state index in [9.17, 15) is 25.2 Å². The molecule has 7 N–H and O–H groups in total. The molecule has 2 bridgehead atoms. The number of benzene rings is 2. The molecule has 1 saturated carbocycles. The topological polar surface area (TPSA) is 170 Å². The number of fused-ring (bicyclic) bond motifs is 8. The molecule has 7 atom stereocenters. The summed E-state index contributed by atoms with van der Waals surface area (Å²) in [5.74, 6) is 9.74. The van der Waals surface area contributed by atoms with Crippen LogP contribution < -0.4 is 20.5 Å². The van der Waals surface area contributed by atoms with E-state index in [0.29, 0.717) is 37.1 Å². The predicted molar refractivity (Wildman–Crippen MR) is 230 cm³/mol. The fourth-order valence-corrected chi connectivity index (χ4v) is 10.3. The number of hydrogen-bond acceptors (Lipinski definition) is 11. The summed E-state index contributed by atoms with van der Waals surface area (Å²) in [6.45, 7) is 5.37. The van der Waals surface area contributed by atoms with Gasteiger partial charge in [-0.25, -0.2) is 0 Å². The lowest BCUT2D eigenvalue weighted by atomic mass is 9.73. The zero-order chi connectivity index (χ0) is 42.0. The number of nitrogens with zero attached hydrogens (tertiary/aromatic N) is 2. The number of nitrogens with two attached hydrogens (primary N) is 1. The molecule has 1 aliphatic carbocycles. The number of unbranched alkanes of at least 4 members (excludes halogenated alkanes) is 2. The summed E-state index contributed by atoms with van der Waals surface area (Å²) >= 11 is 0. The van der Waals surface area contributed by atoms with Gasteiger partial charge in [0.05, 0.1) is 35.4 Å². The van der Waals surface area contributed by atoms with E-state index in [2.05, 4.69) is 41.0 Å². The van der Waals surface area contributed by atoms with Crippen LogP contribution in [0, 0.1) is 41.1 Å². The van der Waals surface area contributed by atoms with Gasteiger partial charge in [-0.05, 0) is 84.4 Å². The number of ether oxygens (including phenoxy) is 2. The summed E-state index contributed by atoms with van der Waals surface area (Å²) < 4.78 is 13.2. The van der Waals surface area contributed by atoms with Gasteiger partial charge in [-0.3, -0.25) is 15.1 Å². The molecule has 0 unspecified atom stereocenters. The average molecular weight is 817 g/mol. The van der Waals surface area contributed by atoms with Crippen molar-refractivity contribution in [2.24, 2.45) is 28.0 Å². The number of nitrogens with one attached hydrogen (secondary N) is 1. The number of aromatic hydroxyl groups is 1. The number of aryl methyl sites for hydroxylation is 1. The quantitative estimate of drug-likeness (QED) is 0.102. The first kappa shape index (κ1) is 42.1. The fraction of sp³-hybridized carbons (Fsp3) is 0.551. The van der Waals surface area contributed by atoms with Crippen molar-refractivity contribution in [3.05, 3.63) is 75.1 Å². The van der Waals surface area contributed by atoms with Crippen LogP contribution in [0.25, 0.3) is 0 Å². The summed E-state index contributed by atoms with van der Waals surface area (Å²) in [5.41, 5.74) is 13.5. The second-order valence-electron chi connectivity index (χ2n) is 17.6. The standard InChI is InChI=1S/C49H60N4O7/c1-3-5-6-10-36(44(58)25-32(54)9-4-2)42(56)15-11-30-24-46-45(26-43(30)57)59-22-20-49(18-7-8-19-49)39-14-16-41(55)34-12-13-35-33(17-21-51-47(35)50)37(34)23-31-27-52-40-29-53(28-38(31)40)48(39)60-46/h12-13,24,26-27,29,32,36,39,41,44,47-48,51,54-55,57-58H,3-11,15,17-19,21,23,25,28,50H2,1-2H3/t32-,36-,39+,41+,44-,47-,48+/m1/s1. The zero-order valence-corrected chi connectivity index (χ0v) is 35.0. The highest BCUT2D eigenvalue weighted by Gasteiger charge is 2.48. The van der Waals surface area contributed by atoms with Crippen molar-refractivity contribution in [2.75, 3.05) is 13.1 Å². The number of rotatable bonds is 13. The van der Waals surface area contributed by atoms with Crippen LogP contribution in [0.4, 0.5) is 0 Å². The third-order valence-electron chi connectivity index (χ3n) is 13.6. The van der Waals surface area contributed by atoms with E-state index >= 15 is 0 Å². The Kier molecular flexibility index (Phi) is 12.7. The Morgan fingerprint density at radius 2 is 1.88 bits per heavy atom. The molecule has 0 saturated heterocycles. The Hall–Kier alpha value is -4.62. The normalized spacial score (nSPS) is 24.8. The first-order chi connectivity index (χ1) is 29.1. The van der Waals surface area contributed by atoms with Crippen LogP contribution in [0.15, 0.2) is 52.3 Å². The molecule has 5 aliphatic heterocycles. The van der Waals surface area contributed by atoms with Gasteiger partial charge in [0.2, 0.25) is 0 Å². The number of carbonyl (C=O) groups is 1. The minimum absolute atomic E-state index is 0.0408. The van der Waals surface area contributed by atoms with Crippen LogP contribution in [-0.4, -0.2) is 68.8 Å². The first-order valence-corrected chi connectivity index (χ1v) is 22.3. The SMILES string of the molecule is CCCCC[C@H](C(=O)CCc1cc2c(cc1O)OC#CC1(CCCC1)[C@H]1C#C[C@H](O)c3ccc4c(c3CC3=C5CN(C=C5N=C3)[C@H]1O2)CCN[C@H]4N)[C@H](O)C[C@H](O)CCC. The molecule has 11 nitrogen and oxygen atoms in total.